The number of nitrogens with zero attached hydrogens (tertiary/aromatic N) is 1. The van der Waals surface area contributed by atoms with E-state index in [0.29, 0.717) is 11.4 Å². The first-order chi connectivity index (χ1) is 10.0. The van der Waals surface area contributed by atoms with E-state index in [-0.39, 0.29) is 5.91 Å². The molecule has 2 aromatic heterocycles. The van der Waals surface area contributed by atoms with Crippen LogP contribution in [-0.4, -0.2) is 17.4 Å². The zero-order valence-electron chi connectivity index (χ0n) is 12.3. The minimum Gasteiger partial charge on any atom is -0.320 e. The number of hydrogen-bond donors (Lipinski definition) is 2. The Balaban J connectivity index is 2.21. The summed E-state index contributed by atoms with van der Waals surface area (Å²) >= 11 is 1.37. The molecule has 0 radical (unpaired) electrons. The van der Waals surface area contributed by atoms with Crippen molar-refractivity contribution < 1.29 is 4.79 Å². The molecule has 0 unspecified atom stereocenters. The minimum absolute atomic E-state index is 0.141. The van der Waals surface area contributed by atoms with Gasteiger partial charge in [0.1, 0.15) is 0 Å². The molecule has 0 atom stereocenters. The lowest BCUT2D eigenvalue weighted by Crippen LogP contribution is -2.11. The monoisotopic (exact) mass is 299 g/mol. The first-order valence-electron chi connectivity index (χ1n) is 6.56. The highest BCUT2D eigenvalue weighted by atomic mass is 32.1. The third-order valence-corrected chi connectivity index (χ3v) is 4.07. The molecule has 0 aromatic carbocycles. The highest BCUT2D eigenvalue weighted by Crippen LogP contribution is 2.22. The normalized spacial score (nSPS) is 9.90. The third-order valence-electron chi connectivity index (χ3n) is 2.92. The highest BCUT2D eigenvalue weighted by Gasteiger charge is 2.13. The maximum absolute atomic E-state index is 12.3. The van der Waals surface area contributed by atoms with Gasteiger partial charge in [-0.3, -0.25) is 9.78 Å². The van der Waals surface area contributed by atoms with E-state index in [4.69, 9.17) is 5.73 Å². The van der Waals surface area contributed by atoms with Crippen LogP contribution in [0.1, 0.15) is 31.5 Å². The van der Waals surface area contributed by atoms with E-state index in [9.17, 15) is 4.79 Å². The Labute approximate surface area is 128 Å². The van der Waals surface area contributed by atoms with Crippen LogP contribution in [-0.2, 0) is 0 Å². The maximum Gasteiger partial charge on any atom is 0.265 e. The molecule has 21 heavy (non-hydrogen) atoms. The van der Waals surface area contributed by atoms with Crippen molar-refractivity contribution in [2.45, 2.75) is 20.8 Å². The van der Waals surface area contributed by atoms with E-state index < -0.39 is 0 Å². The van der Waals surface area contributed by atoms with Crippen LogP contribution in [0, 0.1) is 32.6 Å². The summed E-state index contributed by atoms with van der Waals surface area (Å²) in [6.45, 7) is 6.05. The molecule has 4 nitrogen and oxygen atoms in total. The predicted octanol–water partition coefficient (Wildman–Crippen LogP) is 2.63. The first-order valence-corrected chi connectivity index (χ1v) is 7.38. The summed E-state index contributed by atoms with van der Waals surface area (Å²) in [6, 6.07) is 5.59. The van der Waals surface area contributed by atoms with Crippen molar-refractivity contribution in [3.8, 4) is 11.8 Å². The number of nitrogens with one attached hydrogen (secondary N) is 1. The second-order valence-corrected chi connectivity index (χ2v) is 5.72. The largest absolute Gasteiger partial charge is 0.320 e. The summed E-state index contributed by atoms with van der Waals surface area (Å²) in [4.78, 5) is 18.1. The molecule has 0 aliphatic rings. The Morgan fingerprint density at radius 3 is 2.81 bits per heavy atom. The lowest BCUT2D eigenvalue weighted by Gasteiger charge is -2.07. The molecular weight excluding hydrogens is 282 g/mol. The summed E-state index contributed by atoms with van der Waals surface area (Å²) in [7, 11) is 0. The van der Waals surface area contributed by atoms with Crippen LogP contribution in [0.4, 0.5) is 5.69 Å². The van der Waals surface area contributed by atoms with Gasteiger partial charge in [-0.15, -0.1) is 11.3 Å². The van der Waals surface area contributed by atoms with Crippen LogP contribution >= 0.6 is 11.3 Å². The average molecular weight is 299 g/mol. The second kappa shape index (κ2) is 6.53. The molecular formula is C16H17N3OS. The minimum atomic E-state index is -0.141. The molecule has 2 rings (SSSR count). The molecule has 5 heteroatoms. The van der Waals surface area contributed by atoms with E-state index in [1.54, 1.807) is 0 Å². The fraction of sp³-hybridized carbons (Fsp3) is 0.250. The van der Waals surface area contributed by atoms with Crippen LogP contribution in [0.5, 0.6) is 0 Å². The van der Waals surface area contributed by atoms with Gasteiger partial charge in [-0.25, -0.2) is 0 Å². The first kappa shape index (κ1) is 15.2. The van der Waals surface area contributed by atoms with Gasteiger partial charge >= 0.3 is 0 Å². The molecule has 0 spiro atoms. The number of thiophene rings is 1. The number of carbonyl (C=O) groups is 1. The smallest absolute Gasteiger partial charge is 0.265 e. The van der Waals surface area contributed by atoms with E-state index in [0.717, 1.165) is 27.5 Å². The van der Waals surface area contributed by atoms with Gasteiger partial charge in [0.15, 0.2) is 0 Å². The van der Waals surface area contributed by atoms with Gasteiger partial charge in [0.05, 0.1) is 27.7 Å². The number of pyridine rings is 1. The molecule has 0 saturated heterocycles. The zero-order valence-corrected chi connectivity index (χ0v) is 13.1. The molecule has 0 saturated carbocycles. The van der Waals surface area contributed by atoms with Crippen LogP contribution in [0.25, 0.3) is 0 Å². The van der Waals surface area contributed by atoms with Gasteiger partial charge in [0, 0.05) is 5.69 Å². The van der Waals surface area contributed by atoms with E-state index >= 15 is 0 Å². The van der Waals surface area contributed by atoms with Crippen molar-refractivity contribution >= 4 is 22.9 Å². The fourth-order valence-corrected chi connectivity index (χ4v) is 2.79. The van der Waals surface area contributed by atoms with Gasteiger partial charge in [-0.05, 0) is 44.5 Å². The molecule has 108 valence electrons. The van der Waals surface area contributed by atoms with Gasteiger partial charge in [0.2, 0.25) is 0 Å². The van der Waals surface area contributed by atoms with Crippen molar-refractivity contribution in [2.75, 3.05) is 11.9 Å². The number of aryl methyl sites for hydroxylation is 3. The lowest BCUT2D eigenvalue weighted by molar-refractivity contribution is 0.103. The average Bonchev–Trinajstić information content (AvgIpc) is 2.81. The number of hydrogen-bond acceptors (Lipinski definition) is 4. The van der Waals surface area contributed by atoms with Crippen LogP contribution < -0.4 is 11.1 Å². The van der Waals surface area contributed by atoms with Crippen molar-refractivity contribution in [3.05, 3.63) is 44.9 Å². The standard InChI is InChI=1S/C16H17N3OS/c1-10-9-15(21-14(10)5-4-8-17)16(20)19-13-7-6-11(2)18-12(13)3/h6-7,9H,8,17H2,1-3H3,(H,19,20). The van der Waals surface area contributed by atoms with Gasteiger partial charge in [-0.1, -0.05) is 11.8 Å². The molecule has 0 aliphatic carbocycles. The topological polar surface area (TPSA) is 68.0 Å². The quantitative estimate of drug-likeness (QED) is 0.838. The maximum atomic E-state index is 12.3. The Kier molecular flexibility index (Phi) is 4.73. The molecule has 0 aliphatic heterocycles. The summed E-state index contributed by atoms with van der Waals surface area (Å²) < 4.78 is 0. The van der Waals surface area contributed by atoms with Gasteiger partial charge < -0.3 is 11.1 Å². The molecule has 3 N–H and O–H groups in total. The summed E-state index contributed by atoms with van der Waals surface area (Å²) in [6.07, 6.45) is 0. The molecule has 0 fully saturated rings. The SMILES string of the molecule is Cc1ccc(NC(=O)c2cc(C)c(C#CCN)s2)c(C)n1. The lowest BCUT2D eigenvalue weighted by atomic mass is 10.2. The summed E-state index contributed by atoms with van der Waals surface area (Å²) in [5.74, 6) is 5.65. The Hall–Kier alpha value is -2.16. The molecule has 2 aromatic rings. The van der Waals surface area contributed by atoms with Gasteiger partial charge in [-0.2, -0.15) is 0 Å². The Bertz CT molecular complexity index is 738. The van der Waals surface area contributed by atoms with E-state index in [1.165, 1.54) is 11.3 Å². The molecule has 1 amide bonds. The Morgan fingerprint density at radius 2 is 2.14 bits per heavy atom. The molecule has 0 bridgehead atoms. The summed E-state index contributed by atoms with van der Waals surface area (Å²) in [5.41, 5.74) is 8.82. The number of amides is 1. The van der Waals surface area contributed by atoms with Crippen LogP contribution in [0.2, 0.25) is 0 Å². The fourth-order valence-electron chi connectivity index (χ4n) is 1.85. The third kappa shape index (κ3) is 3.69. The van der Waals surface area contributed by atoms with Crippen molar-refractivity contribution in [1.82, 2.24) is 4.98 Å². The Morgan fingerprint density at radius 1 is 1.38 bits per heavy atom. The second-order valence-electron chi connectivity index (χ2n) is 4.67. The van der Waals surface area contributed by atoms with Gasteiger partial charge in [0.25, 0.3) is 5.91 Å². The predicted molar refractivity (Wildman–Crippen MR) is 86.7 cm³/mol. The molecule has 2 heterocycles. The summed E-state index contributed by atoms with van der Waals surface area (Å²) in [5, 5.41) is 2.89. The zero-order chi connectivity index (χ0) is 15.4. The number of anilines is 1. The highest BCUT2D eigenvalue weighted by molar-refractivity contribution is 7.14. The van der Waals surface area contributed by atoms with Crippen LogP contribution in [0.15, 0.2) is 18.2 Å². The van der Waals surface area contributed by atoms with Crippen molar-refractivity contribution in [3.63, 3.8) is 0 Å². The number of rotatable bonds is 2. The van der Waals surface area contributed by atoms with E-state index in [2.05, 4.69) is 22.1 Å². The van der Waals surface area contributed by atoms with E-state index in [1.807, 2.05) is 39.0 Å². The number of carbonyl (C=O) groups excluding carboxylic acids is 1. The number of aromatic nitrogens is 1. The number of nitrogens with two attached hydrogens (primary N) is 1. The van der Waals surface area contributed by atoms with Crippen molar-refractivity contribution in [1.29, 1.82) is 0 Å². The van der Waals surface area contributed by atoms with Crippen LogP contribution in [0.3, 0.4) is 0 Å². The van der Waals surface area contributed by atoms with Crippen molar-refractivity contribution in [2.24, 2.45) is 5.73 Å².